The number of thiophene rings is 1. The molecule has 1 atom stereocenters. The van der Waals surface area contributed by atoms with Crippen LogP contribution in [-0.2, 0) is 0 Å². The number of anilines is 1. The summed E-state index contributed by atoms with van der Waals surface area (Å²) in [6.07, 6.45) is 0. The van der Waals surface area contributed by atoms with Gasteiger partial charge in [-0.25, -0.2) is 4.39 Å². The van der Waals surface area contributed by atoms with Crippen molar-refractivity contribution in [3.63, 3.8) is 0 Å². The molecule has 0 aliphatic carbocycles. The summed E-state index contributed by atoms with van der Waals surface area (Å²) in [6, 6.07) is 16.0. The first-order valence-corrected chi connectivity index (χ1v) is 8.93. The van der Waals surface area contributed by atoms with Gasteiger partial charge in [-0.15, -0.1) is 11.3 Å². The molecule has 0 fully saturated rings. The SMILES string of the molecule is C[C@@H](NC(=O)c1ccccc1NC(=O)c1cccs1)c1cccc(F)c1. The van der Waals surface area contributed by atoms with Crippen molar-refractivity contribution in [2.24, 2.45) is 0 Å². The van der Waals surface area contributed by atoms with E-state index in [1.54, 1.807) is 55.5 Å². The Kier molecular flexibility index (Phi) is 5.43. The second-order valence-electron chi connectivity index (χ2n) is 5.73. The van der Waals surface area contributed by atoms with Crippen LogP contribution in [0.4, 0.5) is 10.1 Å². The van der Waals surface area contributed by atoms with Gasteiger partial charge in [-0.05, 0) is 48.2 Å². The van der Waals surface area contributed by atoms with Gasteiger partial charge < -0.3 is 10.6 Å². The van der Waals surface area contributed by atoms with E-state index in [-0.39, 0.29) is 23.7 Å². The number of halogens is 1. The fourth-order valence-electron chi connectivity index (χ4n) is 2.52. The van der Waals surface area contributed by atoms with Crippen molar-refractivity contribution in [1.29, 1.82) is 0 Å². The van der Waals surface area contributed by atoms with E-state index in [4.69, 9.17) is 0 Å². The maximum Gasteiger partial charge on any atom is 0.265 e. The summed E-state index contributed by atoms with van der Waals surface area (Å²) in [4.78, 5) is 25.5. The number of benzene rings is 2. The number of para-hydroxylation sites is 1. The number of hydrogen-bond acceptors (Lipinski definition) is 3. The molecule has 1 aromatic heterocycles. The minimum Gasteiger partial charge on any atom is -0.345 e. The van der Waals surface area contributed by atoms with E-state index < -0.39 is 0 Å². The van der Waals surface area contributed by atoms with Crippen molar-refractivity contribution < 1.29 is 14.0 Å². The molecule has 1 heterocycles. The molecule has 0 saturated carbocycles. The highest BCUT2D eigenvalue weighted by atomic mass is 32.1. The minimum atomic E-state index is -0.376. The third-order valence-electron chi connectivity index (χ3n) is 3.86. The second kappa shape index (κ2) is 7.93. The Morgan fingerprint density at radius 1 is 1.00 bits per heavy atom. The smallest absolute Gasteiger partial charge is 0.265 e. The quantitative estimate of drug-likeness (QED) is 0.690. The normalized spacial score (nSPS) is 11.6. The Labute approximate surface area is 154 Å². The van der Waals surface area contributed by atoms with E-state index in [0.29, 0.717) is 21.7 Å². The molecule has 0 aliphatic heterocycles. The van der Waals surface area contributed by atoms with E-state index in [9.17, 15) is 14.0 Å². The largest absolute Gasteiger partial charge is 0.345 e. The first-order valence-electron chi connectivity index (χ1n) is 8.05. The first-order chi connectivity index (χ1) is 12.5. The Bertz CT molecular complexity index is 925. The third-order valence-corrected chi connectivity index (χ3v) is 4.73. The van der Waals surface area contributed by atoms with E-state index in [2.05, 4.69) is 10.6 Å². The van der Waals surface area contributed by atoms with Crippen molar-refractivity contribution in [2.45, 2.75) is 13.0 Å². The molecule has 0 spiro atoms. The lowest BCUT2D eigenvalue weighted by atomic mass is 10.1. The number of hydrogen-bond donors (Lipinski definition) is 2. The molecule has 2 N–H and O–H groups in total. The lowest BCUT2D eigenvalue weighted by Gasteiger charge is -2.16. The van der Waals surface area contributed by atoms with Crippen molar-refractivity contribution in [3.8, 4) is 0 Å². The monoisotopic (exact) mass is 368 g/mol. The number of carbonyl (C=O) groups is 2. The lowest BCUT2D eigenvalue weighted by Crippen LogP contribution is -2.28. The van der Waals surface area contributed by atoms with Crippen LogP contribution in [-0.4, -0.2) is 11.8 Å². The van der Waals surface area contributed by atoms with Crippen LogP contribution >= 0.6 is 11.3 Å². The van der Waals surface area contributed by atoms with Crippen molar-refractivity contribution >= 4 is 28.8 Å². The average Bonchev–Trinajstić information content (AvgIpc) is 3.17. The summed E-state index contributed by atoms with van der Waals surface area (Å²) < 4.78 is 13.4. The minimum absolute atomic E-state index is 0.265. The number of nitrogens with one attached hydrogen (secondary N) is 2. The van der Waals surface area contributed by atoms with Crippen LogP contribution in [0.2, 0.25) is 0 Å². The lowest BCUT2D eigenvalue weighted by molar-refractivity contribution is 0.0940. The van der Waals surface area contributed by atoms with E-state index >= 15 is 0 Å². The van der Waals surface area contributed by atoms with Crippen molar-refractivity contribution in [1.82, 2.24) is 5.32 Å². The Morgan fingerprint density at radius 2 is 1.81 bits per heavy atom. The van der Waals surface area contributed by atoms with Crippen LogP contribution in [0.1, 0.15) is 38.6 Å². The molecule has 0 aliphatic rings. The van der Waals surface area contributed by atoms with E-state index in [1.165, 1.54) is 23.5 Å². The molecule has 0 bridgehead atoms. The summed E-state index contributed by atoms with van der Waals surface area (Å²) >= 11 is 1.33. The first kappa shape index (κ1) is 17.8. The molecule has 4 nitrogen and oxygen atoms in total. The molecule has 2 amide bonds. The van der Waals surface area contributed by atoms with Gasteiger partial charge in [0.1, 0.15) is 5.82 Å². The summed E-state index contributed by atoms with van der Waals surface area (Å²) in [6.45, 7) is 1.78. The molecule has 3 aromatic rings. The Hall–Kier alpha value is -2.99. The van der Waals surface area contributed by atoms with Gasteiger partial charge in [-0.3, -0.25) is 9.59 Å². The summed E-state index contributed by atoms with van der Waals surface area (Å²) in [5.74, 6) is -0.963. The van der Waals surface area contributed by atoms with Crippen LogP contribution < -0.4 is 10.6 Å². The van der Waals surface area contributed by atoms with Crippen LogP contribution in [0.5, 0.6) is 0 Å². The molecular weight excluding hydrogens is 351 g/mol. The second-order valence-corrected chi connectivity index (χ2v) is 6.67. The van der Waals surface area contributed by atoms with Crippen molar-refractivity contribution in [3.05, 3.63) is 87.9 Å². The molecule has 0 radical (unpaired) electrons. The van der Waals surface area contributed by atoms with Gasteiger partial charge in [0.15, 0.2) is 0 Å². The Balaban J connectivity index is 1.76. The van der Waals surface area contributed by atoms with Gasteiger partial charge in [0.25, 0.3) is 11.8 Å². The van der Waals surface area contributed by atoms with Gasteiger partial charge in [-0.2, -0.15) is 0 Å². The zero-order valence-corrected chi connectivity index (χ0v) is 14.8. The Morgan fingerprint density at radius 3 is 2.54 bits per heavy atom. The average molecular weight is 368 g/mol. The van der Waals surface area contributed by atoms with Gasteiger partial charge in [0.05, 0.1) is 22.2 Å². The van der Waals surface area contributed by atoms with Gasteiger partial charge >= 0.3 is 0 Å². The van der Waals surface area contributed by atoms with Gasteiger partial charge in [0, 0.05) is 0 Å². The number of carbonyl (C=O) groups excluding carboxylic acids is 2. The van der Waals surface area contributed by atoms with Crippen LogP contribution in [0, 0.1) is 5.82 Å². The van der Waals surface area contributed by atoms with Crippen LogP contribution in [0.15, 0.2) is 66.0 Å². The zero-order valence-electron chi connectivity index (χ0n) is 14.0. The van der Waals surface area contributed by atoms with Crippen LogP contribution in [0.3, 0.4) is 0 Å². The third kappa shape index (κ3) is 4.15. The van der Waals surface area contributed by atoms with Crippen molar-refractivity contribution in [2.75, 3.05) is 5.32 Å². The molecular formula is C20H17FN2O2S. The molecule has 2 aromatic carbocycles. The molecule has 0 saturated heterocycles. The predicted octanol–water partition coefficient (Wildman–Crippen LogP) is 4.63. The highest BCUT2D eigenvalue weighted by Crippen LogP contribution is 2.20. The molecule has 6 heteroatoms. The summed E-state index contributed by atoms with van der Waals surface area (Å²) in [5, 5.41) is 7.41. The molecule has 132 valence electrons. The summed E-state index contributed by atoms with van der Waals surface area (Å²) in [5.41, 5.74) is 1.44. The molecule has 3 rings (SSSR count). The van der Waals surface area contributed by atoms with Crippen LogP contribution in [0.25, 0.3) is 0 Å². The highest BCUT2D eigenvalue weighted by molar-refractivity contribution is 7.12. The standard InChI is InChI=1S/C20H17FN2O2S/c1-13(14-6-4-7-15(21)12-14)22-19(24)16-8-2-3-9-17(16)23-20(25)18-10-5-11-26-18/h2-13H,1H3,(H,22,24)(H,23,25)/t13-/m1/s1. The maximum atomic E-state index is 13.4. The predicted molar refractivity (Wildman–Crippen MR) is 101 cm³/mol. The fraction of sp³-hybridized carbons (Fsp3) is 0.100. The fourth-order valence-corrected chi connectivity index (χ4v) is 3.13. The topological polar surface area (TPSA) is 58.2 Å². The maximum absolute atomic E-state index is 13.4. The summed E-state index contributed by atoms with van der Waals surface area (Å²) in [7, 11) is 0. The molecule has 0 unspecified atom stereocenters. The number of amides is 2. The molecule has 26 heavy (non-hydrogen) atoms. The van der Waals surface area contributed by atoms with E-state index in [0.717, 1.165) is 0 Å². The van der Waals surface area contributed by atoms with Gasteiger partial charge in [0.2, 0.25) is 0 Å². The number of rotatable bonds is 5. The highest BCUT2D eigenvalue weighted by Gasteiger charge is 2.17. The zero-order chi connectivity index (χ0) is 18.5. The van der Waals surface area contributed by atoms with E-state index in [1.807, 2.05) is 5.38 Å². The van der Waals surface area contributed by atoms with Gasteiger partial charge in [-0.1, -0.05) is 30.3 Å².